The molecule has 84 valence electrons. The lowest BCUT2D eigenvalue weighted by atomic mass is 10.3. The second-order valence-corrected chi connectivity index (χ2v) is 3.57. The summed E-state index contributed by atoms with van der Waals surface area (Å²) in [4.78, 5) is 0. The highest BCUT2D eigenvalue weighted by molar-refractivity contribution is 5.43. The van der Waals surface area contributed by atoms with Crippen LogP contribution in [-0.2, 0) is 13.2 Å². The van der Waals surface area contributed by atoms with E-state index in [0.717, 1.165) is 17.9 Å². The average molecular weight is 217 g/mol. The first kappa shape index (κ1) is 10.5. The molecule has 1 aromatic carbocycles. The number of benzene rings is 1. The maximum absolute atomic E-state index is 5.66. The summed E-state index contributed by atoms with van der Waals surface area (Å²) in [5, 5.41) is 4.18. The van der Waals surface area contributed by atoms with Gasteiger partial charge in [-0.1, -0.05) is 6.07 Å². The van der Waals surface area contributed by atoms with E-state index in [9.17, 15) is 0 Å². The molecule has 0 spiro atoms. The number of ether oxygens (including phenoxy) is 1. The highest BCUT2D eigenvalue weighted by Gasteiger charge is 1.99. The van der Waals surface area contributed by atoms with Crippen molar-refractivity contribution >= 4 is 5.69 Å². The summed E-state index contributed by atoms with van der Waals surface area (Å²) in [7, 11) is 0. The monoisotopic (exact) mass is 217 g/mol. The summed E-state index contributed by atoms with van der Waals surface area (Å²) in [6, 6.07) is 7.41. The predicted molar refractivity (Wildman–Crippen MR) is 63.1 cm³/mol. The van der Waals surface area contributed by atoms with Gasteiger partial charge < -0.3 is 10.5 Å². The summed E-state index contributed by atoms with van der Waals surface area (Å²) in [5.41, 5.74) is 7.43. The number of nitrogen functional groups attached to an aromatic ring is 1. The van der Waals surface area contributed by atoms with E-state index in [1.807, 2.05) is 41.3 Å². The van der Waals surface area contributed by atoms with Crippen molar-refractivity contribution < 1.29 is 4.74 Å². The largest absolute Gasteiger partial charge is 0.489 e. The molecule has 0 saturated heterocycles. The lowest BCUT2D eigenvalue weighted by molar-refractivity contribution is 0.306. The van der Waals surface area contributed by atoms with Crippen molar-refractivity contribution in [3.63, 3.8) is 0 Å². The van der Waals surface area contributed by atoms with Gasteiger partial charge in [0.05, 0.1) is 6.20 Å². The fourth-order valence-electron chi connectivity index (χ4n) is 1.42. The Labute approximate surface area is 94.6 Å². The van der Waals surface area contributed by atoms with Gasteiger partial charge >= 0.3 is 0 Å². The Morgan fingerprint density at radius 2 is 2.31 bits per heavy atom. The molecule has 0 radical (unpaired) electrons. The van der Waals surface area contributed by atoms with Gasteiger partial charge in [-0.05, 0) is 19.1 Å². The normalized spacial score (nSPS) is 10.3. The molecular formula is C12H15N3O. The number of anilines is 1. The molecule has 1 heterocycles. The number of hydrogen-bond donors (Lipinski definition) is 1. The number of aromatic nitrogens is 2. The van der Waals surface area contributed by atoms with Crippen LogP contribution in [0, 0.1) is 0 Å². The molecule has 2 aromatic rings. The zero-order chi connectivity index (χ0) is 11.4. The minimum atomic E-state index is 0.517. The standard InChI is InChI=1S/C12H15N3O/c1-2-15-8-10(7-14-15)9-16-12-5-3-4-11(13)6-12/h3-8H,2,9,13H2,1H3. The van der Waals surface area contributed by atoms with Gasteiger partial charge in [0.2, 0.25) is 0 Å². The molecule has 0 unspecified atom stereocenters. The van der Waals surface area contributed by atoms with E-state index < -0.39 is 0 Å². The lowest BCUT2D eigenvalue weighted by Gasteiger charge is -2.04. The van der Waals surface area contributed by atoms with E-state index in [1.165, 1.54) is 0 Å². The third-order valence-electron chi connectivity index (χ3n) is 2.27. The van der Waals surface area contributed by atoms with Crippen molar-refractivity contribution in [2.24, 2.45) is 0 Å². The van der Waals surface area contributed by atoms with E-state index in [2.05, 4.69) is 12.0 Å². The quantitative estimate of drug-likeness (QED) is 0.797. The van der Waals surface area contributed by atoms with E-state index in [1.54, 1.807) is 0 Å². The van der Waals surface area contributed by atoms with Crippen molar-refractivity contribution in [2.75, 3.05) is 5.73 Å². The smallest absolute Gasteiger partial charge is 0.121 e. The number of hydrogen-bond acceptors (Lipinski definition) is 3. The van der Waals surface area contributed by atoms with E-state index in [-0.39, 0.29) is 0 Å². The van der Waals surface area contributed by atoms with Gasteiger partial charge in [0.25, 0.3) is 0 Å². The molecule has 2 N–H and O–H groups in total. The molecule has 0 amide bonds. The zero-order valence-electron chi connectivity index (χ0n) is 9.26. The van der Waals surface area contributed by atoms with Gasteiger partial charge in [-0.15, -0.1) is 0 Å². The first-order valence-corrected chi connectivity index (χ1v) is 5.27. The number of aryl methyl sites for hydroxylation is 1. The fraction of sp³-hybridized carbons (Fsp3) is 0.250. The Hall–Kier alpha value is -1.97. The van der Waals surface area contributed by atoms with Gasteiger partial charge in [-0.2, -0.15) is 5.10 Å². The third-order valence-corrected chi connectivity index (χ3v) is 2.27. The van der Waals surface area contributed by atoms with Gasteiger partial charge in [0.1, 0.15) is 12.4 Å². The zero-order valence-corrected chi connectivity index (χ0v) is 9.26. The minimum Gasteiger partial charge on any atom is -0.489 e. The highest BCUT2D eigenvalue weighted by Crippen LogP contribution is 2.15. The Morgan fingerprint density at radius 3 is 3.00 bits per heavy atom. The number of rotatable bonds is 4. The molecule has 16 heavy (non-hydrogen) atoms. The SMILES string of the molecule is CCn1cc(COc2cccc(N)c2)cn1. The molecule has 0 aliphatic heterocycles. The van der Waals surface area contributed by atoms with Crippen LogP contribution in [0.4, 0.5) is 5.69 Å². The topological polar surface area (TPSA) is 53.1 Å². The van der Waals surface area contributed by atoms with Crippen LogP contribution in [0.25, 0.3) is 0 Å². The minimum absolute atomic E-state index is 0.517. The number of nitrogens with two attached hydrogens (primary N) is 1. The maximum Gasteiger partial charge on any atom is 0.121 e. The molecule has 0 atom stereocenters. The van der Waals surface area contributed by atoms with Crippen LogP contribution in [0.1, 0.15) is 12.5 Å². The Morgan fingerprint density at radius 1 is 1.44 bits per heavy atom. The van der Waals surface area contributed by atoms with E-state index in [4.69, 9.17) is 10.5 Å². The Kier molecular flexibility index (Phi) is 3.10. The van der Waals surface area contributed by atoms with Crippen molar-refractivity contribution in [3.05, 3.63) is 42.2 Å². The van der Waals surface area contributed by atoms with Crippen molar-refractivity contribution in [1.29, 1.82) is 0 Å². The summed E-state index contributed by atoms with van der Waals surface area (Å²) >= 11 is 0. The van der Waals surface area contributed by atoms with E-state index >= 15 is 0 Å². The molecule has 1 aromatic heterocycles. The summed E-state index contributed by atoms with van der Waals surface area (Å²) in [6.07, 6.45) is 3.79. The molecule has 0 fully saturated rings. The van der Waals surface area contributed by atoms with E-state index in [0.29, 0.717) is 12.3 Å². The predicted octanol–water partition coefficient (Wildman–Crippen LogP) is 2.06. The molecule has 4 nitrogen and oxygen atoms in total. The molecule has 0 bridgehead atoms. The van der Waals surface area contributed by atoms with Gasteiger partial charge in [-0.25, -0.2) is 0 Å². The first-order valence-electron chi connectivity index (χ1n) is 5.27. The van der Waals surface area contributed by atoms with Crippen LogP contribution >= 0.6 is 0 Å². The van der Waals surface area contributed by atoms with Crippen LogP contribution in [0.15, 0.2) is 36.7 Å². The molecule has 0 aliphatic rings. The summed E-state index contributed by atoms with van der Waals surface area (Å²) in [5.74, 6) is 0.782. The fourth-order valence-corrected chi connectivity index (χ4v) is 1.42. The molecule has 0 aliphatic carbocycles. The van der Waals surface area contributed by atoms with Gasteiger partial charge in [0.15, 0.2) is 0 Å². The van der Waals surface area contributed by atoms with Crippen LogP contribution in [0.3, 0.4) is 0 Å². The summed E-state index contributed by atoms with van der Waals surface area (Å²) in [6.45, 7) is 3.44. The second-order valence-electron chi connectivity index (χ2n) is 3.57. The second kappa shape index (κ2) is 4.70. The van der Waals surface area contributed by atoms with Crippen LogP contribution in [-0.4, -0.2) is 9.78 Å². The number of nitrogens with zero attached hydrogens (tertiary/aromatic N) is 2. The molecule has 2 rings (SSSR count). The summed E-state index contributed by atoms with van der Waals surface area (Å²) < 4.78 is 7.47. The van der Waals surface area contributed by atoms with Gasteiger partial charge in [0, 0.05) is 30.1 Å². The highest BCUT2D eigenvalue weighted by atomic mass is 16.5. The van der Waals surface area contributed by atoms with Crippen LogP contribution in [0.5, 0.6) is 5.75 Å². The van der Waals surface area contributed by atoms with Crippen molar-refractivity contribution in [2.45, 2.75) is 20.1 Å². The Balaban J connectivity index is 1.96. The Bertz CT molecular complexity index is 465. The van der Waals surface area contributed by atoms with Gasteiger partial charge in [-0.3, -0.25) is 4.68 Å². The average Bonchev–Trinajstić information content (AvgIpc) is 2.74. The van der Waals surface area contributed by atoms with Crippen molar-refractivity contribution in [3.8, 4) is 5.75 Å². The molecule has 0 saturated carbocycles. The first-order chi connectivity index (χ1) is 7.78. The molecule has 4 heteroatoms. The van der Waals surface area contributed by atoms with Crippen molar-refractivity contribution in [1.82, 2.24) is 9.78 Å². The third kappa shape index (κ3) is 2.53. The molecular weight excluding hydrogens is 202 g/mol. The van der Waals surface area contributed by atoms with Crippen LogP contribution in [0.2, 0.25) is 0 Å². The maximum atomic E-state index is 5.66. The van der Waals surface area contributed by atoms with Crippen LogP contribution < -0.4 is 10.5 Å². The lowest BCUT2D eigenvalue weighted by Crippen LogP contribution is -1.96.